The highest BCUT2D eigenvalue weighted by atomic mass is 19.1. The second kappa shape index (κ2) is 8.75. The fourth-order valence-electron chi connectivity index (χ4n) is 3.91. The summed E-state index contributed by atoms with van der Waals surface area (Å²) in [5.41, 5.74) is 4.20. The Balaban J connectivity index is 1.35. The molecule has 0 aromatic heterocycles. The van der Waals surface area contributed by atoms with E-state index in [1.165, 1.54) is 12.1 Å². The molecule has 3 aromatic carbocycles. The second-order valence-corrected chi connectivity index (χ2v) is 7.42. The summed E-state index contributed by atoms with van der Waals surface area (Å²) >= 11 is 0. The van der Waals surface area contributed by atoms with Crippen molar-refractivity contribution in [2.45, 2.75) is 18.1 Å². The summed E-state index contributed by atoms with van der Waals surface area (Å²) in [7, 11) is 0. The maximum Gasteiger partial charge on any atom is 0.407 e. The zero-order valence-electron chi connectivity index (χ0n) is 16.5. The number of phenols is 1. The molecule has 2 unspecified atom stereocenters. The number of aromatic hydroxyl groups is 1. The van der Waals surface area contributed by atoms with E-state index in [1.807, 2.05) is 48.5 Å². The summed E-state index contributed by atoms with van der Waals surface area (Å²) in [5.74, 6) is -1.24. The van der Waals surface area contributed by atoms with Crippen molar-refractivity contribution >= 4 is 6.09 Å². The minimum absolute atomic E-state index is 0.0974. The lowest BCUT2D eigenvalue weighted by molar-refractivity contribution is 0.0165. The van der Waals surface area contributed by atoms with Crippen LogP contribution in [-0.2, 0) is 4.74 Å². The van der Waals surface area contributed by atoms with Crippen LogP contribution in [0.15, 0.2) is 66.7 Å². The van der Waals surface area contributed by atoms with E-state index in [0.717, 1.165) is 28.3 Å². The van der Waals surface area contributed by atoms with Crippen LogP contribution in [0.3, 0.4) is 0 Å². The van der Waals surface area contributed by atoms with Gasteiger partial charge >= 0.3 is 6.09 Å². The molecule has 0 radical (unpaired) electrons. The molecule has 31 heavy (non-hydrogen) atoms. The molecule has 1 aliphatic rings. The van der Waals surface area contributed by atoms with E-state index in [1.54, 1.807) is 0 Å². The highest BCUT2D eigenvalue weighted by Gasteiger charge is 2.29. The first-order chi connectivity index (χ1) is 15.0. The number of amides is 1. The van der Waals surface area contributed by atoms with E-state index < -0.39 is 24.1 Å². The zero-order chi connectivity index (χ0) is 22.0. The Bertz CT molecular complexity index is 1060. The number of carbonyl (C=O) groups excluding carboxylic acids is 1. The highest BCUT2D eigenvalue weighted by Crippen LogP contribution is 2.44. The molecule has 0 saturated carbocycles. The molecule has 0 fully saturated rings. The second-order valence-electron chi connectivity index (χ2n) is 7.42. The van der Waals surface area contributed by atoms with Gasteiger partial charge in [-0.15, -0.1) is 0 Å². The average Bonchev–Trinajstić information content (AvgIpc) is 3.09. The number of rotatable bonds is 6. The normalized spacial score (nSPS) is 14.4. The summed E-state index contributed by atoms with van der Waals surface area (Å²) in [6.45, 7) is -0.219. The van der Waals surface area contributed by atoms with Gasteiger partial charge < -0.3 is 25.4 Å². The van der Waals surface area contributed by atoms with E-state index in [9.17, 15) is 24.5 Å². The average molecular weight is 423 g/mol. The molecule has 7 heteroatoms. The van der Waals surface area contributed by atoms with Crippen LogP contribution < -0.4 is 5.32 Å². The highest BCUT2D eigenvalue weighted by molar-refractivity contribution is 5.79. The molecule has 1 amide bonds. The summed E-state index contributed by atoms with van der Waals surface area (Å²) < 4.78 is 19.2. The third-order valence-electron chi connectivity index (χ3n) is 5.47. The van der Waals surface area contributed by atoms with E-state index >= 15 is 0 Å². The summed E-state index contributed by atoms with van der Waals surface area (Å²) in [5, 5.41) is 31.9. The van der Waals surface area contributed by atoms with Crippen LogP contribution in [0.25, 0.3) is 11.1 Å². The third-order valence-corrected chi connectivity index (χ3v) is 5.47. The van der Waals surface area contributed by atoms with Crippen molar-refractivity contribution in [3.05, 3.63) is 89.2 Å². The van der Waals surface area contributed by atoms with Gasteiger partial charge in [-0.25, -0.2) is 9.18 Å². The lowest BCUT2D eigenvalue weighted by Gasteiger charge is -2.20. The number of alkyl carbamates (subject to hydrolysis) is 1. The van der Waals surface area contributed by atoms with Crippen LogP contribution in [-0.4, -0.2) is 40.7 Å². The molecular formula is C24H22FNO5. The molecule has 6 nitrogen and oxygen atoms in total. The van der Waals surface area contributed by atoms with Crippen LogP contribution >= 0.6 is 0 Å². The first kappa shape index (κ1) is 20.8. The third kappa shape index (κ3) is 4.23. The Labute approximate surface area is 178 Å². The van der Waals surface area contributed by atoms with Crippen molar-refractivity contribution in [2.75, 3.05) is 13.2 Å². The van der Waals surface area contributed by atoms with Gasteiger partial charge in [-0.05, 0) is 34.4 Å². The number of fused-ring (bicyclic) bond motifs is 3. The number of aliphatic hydroxyl groups excluding tert-OH is 2. The molecule has 2 atom stereocenters. The van der Waals surface area contributed by atoms with E-state index in [0.29, 0.717) is 0 Å². The smallest absolute Gasteiger partial charge is 0.407 e. The monoisotopic (exact) mass is 423 g/mol. The van der Waals surface area contributed by atoms with Crippen LogP contribution in [0.5, 0.6) is 5.75 Å². The largest absolute Gasteiger partial charge is 0.508 e. The predicted molar refractivity (Wildman–Crippen MR) is 112 cm³/mol. The number of ether oxygens (including phenoxy) is 1. The van der Waals surface area contributed by atoms with Gasteiger partial charge in [0.2, 0.25) is 0 Å². The number of hydrogen-bond donors (Lipinski definition) is 4. The van der Waals surface area contributed by atoms with Crippen LogP contribution in [0, 0.1) is 5.82 Å². The molecule has 0 bridgehead atoms. The van der Waals surface area contributed by atoms with Crippen molar-refractivity contribution in [3.63, 3.8) is 0 Å². The number of aliphatic hydroxyl groups is 2. The summed E-state index contributed by atoms with van der Waals surface area (Å²) in [6, 6.07) is 19.1. The number of carbonyl (C=O) groups is 1. The Morgan fingerprint density at radius 1 is 1.00 bits per heavy atom. The lowest BCUT2D eigenvalue weighted by atomic mass is 9.98. The topological polar surface area (TPSA) is 99.0 Å². The Morgan fingerprint density at radius 2 is 1.61 bits per heavy atom. The zero-order valence-corrected chi connectivity index (χ0v) is 16.5. The maximum atomic E-state index is 13.9. The number of nitrogens with one attached hydrogen (secondary N) is 1. The molecule has 3 aromatic rings. The fourth-order valence-corrected chi connectivity index (χ4v) is 3.91. The van der Waals surface area contributed by atoms with Crippen molar-refractivity contribution in [1.29, 1.82) is 0 Å². The van der Waals surface area contributed by atoms with E-state index in [2.05, 4.69) is 5.32 Å². The SMILES string of the molecule is O=C(NCC(O)C(O)c1ccc(O)cc1F)OCC1c2ccccc2-c2ccccc21. The van der Waals surface area contributed by atoms with Crippen molar-refractivity contribution in [3.8, 4) is 16.9 Å². The van der Waals surface area contributed by atoms with Crippen molar-refractivity contribution in [1.82, 2.24) is 5.32 Å². The van der Waals surface area contributed by atoms with Crippen LogP contribution in [0.1, 0.15) is 28.7 Å². The van der Waals surface area contributed by atoms with E-state index in [4.69, 9.17) is 4.74 Å². The Hall–Kier alpha value is -3.42. The molecule has 4 rings (SSSR count). The Morgan fingerprint density at radius 3 is 2.23 bits per heavy atom. The first-order valence-corrected chi connectivity index (χ1v) is 9.89. The van der Waals surface area contributed by atoms with Gasteiger partial charge in [0.15, 0.2) is 0 Å². The first-order valence-electron chi connectivity index (χ1n) is 9.89. The van der Waals surface area contributed by atoms with Crippen molar-refractivity contribution in [2.24, 2.45) is 0 Å². The Kier molecular flexibility index (Phi) is 5.88. The number of hydrogen-bond acceptors (Lipinski definition) is 5. The van der Waals surface area contributed by atoms with Gasteiger partial charge in [-0.3, -0.25) is 0 Å². The number of halogens is 1. The minimum Gasteiger partial charge on any atom is -0.508 e. The molecule has 0 heterocycles. The fraction of sp³-hybridized carbons (Fsp3) is 0.208. The molecule has 160 valence electrons. The molecule has 0 saturated heterocycles. The molecule has 4 N–H and O–H groups in total. The lowest BCUT2D eigenvalue weighted by Crippen LogP contribution is -2.36. The molecule has 1 aliphatic carbocycles. The molecular weight excluding hydrogens is 401 g/mol. The van der Waals surface area contributed by atoms with Crippen LogP contribution in [0.2, 0.25) is 0 Å². The predicted octanol–water partition coefficient (Wildman–Crippen LogP) is 3.46. The van der Waals surface area contributed by atoms with Gasteiger partial charge in [-0.2, -0.15) is 0 Å². The van der Waals surface area contributed by atoms with Crippen LogP contribution in [0.4, 0.5) is 9.18 Å². The molecule has 0 aliphatic heterocycles. The summed E-state index contributed by atoms with van der Waals surface area (Å²) in [4.78, 5) is 12.2. The quantitative estimate of drug-likeness (QED) is 0.487. The van der Waals surface area contributed by atoms with E-state index in [-0.39, 0.29) is 30.4 Å². The van der Waals surface area contributed by atoms with Crippen molar-refractivity contribution < 1.29 is 29.2 Å². The molecule has 0 spiro atoms. The van der Waals surface area contributed by atoms with Gasteiger partial charge in [0, 0.05) is 24.1 Å². The number of phenolic OH excluding ortho intramolecular Hbond substituents is 1. The number of benzene rings is 3. The standard InChI is InChI=1S/C24H22FNO5/c25-21-11-14(27)9-10-19(21)23(29)22(28)12-26-24(30)31-13-20-17-7-3-1-5-15(17)16-6-2-4-8-18(16)20/h1-11,20,22-23,27-29H,12-13H2,(H,26,30). The van der Waals surface area contributed by atoms with Gasteiger partial charge in [-0.1, -0.05) is 48.5 Å². The van der Waals surface area contributed by atoms with Gasteiger partial charge in [0.05, 0.1) is 0 Å². The van der Waals surface area contributed by atoms with Gasteiger partial charge in [0.1, 0.15) is 30.4 Å². The van der Waals surface area contributed by atoms with Gasteiger partial charge in [0.25, 0.3) is 0 Å². The maximum absolute atomic E-state index is 13.9. The minimum atomic E-state index is -1.57. The summed E-state index contributed by atoms with van der Waals surface area (Å²) in [6.07, 6.45) is -3.78.